The lowest BCUT2D eigenvalue weighted by atomic mass is 10.2. The molecule has 6 nitrogen and oxygen atoms in total. The molecule has 0 saturated carbocycles. The summed E-state index contributed by atoms with van der Waals surface area (Å²) >= 11 is 0. The van der Waals surface area contributed by atoms with Crippen LogP contribution in [-0.4, -0.2) is 27.0 Å². The third-order valence-electron chi connectivity index (χ3n) is 2.28. The van der Waals surface area contributed by atoms with Crippen LogP contribution >= 0.6 is 0 Å². The van der Waals surface area contributed by atoms with Gasteiger partial charge in [-0.05, 0) is 18.2 Å². The first kappa shape index (κ1) is 11.1. The maximum absolute atomic E-state index is 10.8. The molecule has 2 aromatic rings. The summed E-state index contributed by atoms with van der Waals surface area (Å²) in [5.41, 5.74) is 1.52. The number of fused-ring (bicyclic) bond motifs is 1. The number of amides is 1. The molecule has 17 heavy (non-hydrogen) atoms. The van der Waals surface area contributed by atoms with Gasteiger partial charge in [0.05, 0.1) is 23.1 Å². The van der Waals surface area contributed by atoms with Crippen molar-refractivity contribution in [2.24, 2.45) is 0 Å². The van der Waals surface area contributed by atoms with E-state index in [9.17, 15) is 9.59 Å². The summed E-state index contributed by atoms with van der Waals surface area (Å²) in [7, 11) is 0. The van der Waals surface area contributed by atoms with E-state index in [2.05, 4.69) is 15.3 Å². The molecule has 0 aliphatic rings. The van der Waals surface area contributed by atoms with Gasteiger partial charge in [-0.25, -0.2) is 9.78 Å². The fourth-order valence-electron chi connectivity index (χ4n) is 1.49. The molecule has 1 aromatic heterocycles. The Morgan fingerprint density at radius 1 is 1.47 bits per heavy atom. The number of aromatic nitrogens is 2. The minimum absolute atomic E-state index is 0.142. The van der Waals surface area contributed by atoms with Crippen LogP contribution in [0.15, 0.2) is 18.2 Å². The number of rotatable bonds is 3. The Kier molecular flexibility index (Phi) is 2.78. The van der Waals surface area contributed by atoms with E-state index in [1.54, 1.807) is 6.07 Å². The fraction of sp³-hybridized carbons (Fsp3) is 0.182. The van der Waals surface area contributed by atoms with Crippen molar-refractivity contribution in [2.45, 2.75) is 13.5 Å². The Labute approximate surface area is 96.7 Å². The minimum Gasteiger partial charge on any atom is -0.478 e. The molecule has 3 N–H and O–H groups in total. The summed E-state index contributed by atoms with van der Waals surface area (Å²) in [6, 6.07) is 4.64. The molecular formula is C11H11N3O3. The molecule has 0 unspecified atom stereocenters. The molecule has 0 saturated heterocycles. The lowest BCUT2D eigenvalue weighted by molar-refractivity contribution is -0.119. The molecule has 0 radical (unpaired) electrons. The van der Waals surface area contributed by atoms with E-state index in [-0.39, 0.29) is 11.5 Å². The van der Waals surface area contributed by atoms with E-state index in [1.165, 1.54) is 19.1 Å². The zero-order valence-electron chi connectivity index (χ0n) is 9.15. The third kappa shape index (κ3) is 2.41. The van der Waals surface area contributed by atoms with Crippen molar-refractivity contribution in [3.8, 4) is 0 Å². The molecule has 1 heterocycles. The SMILES string of the molecule is CC(=O)NCc1nc2ccc(C(=O)O)cc2[nH]1. The van der Waals surface area contributed by atoms with Gasteiger partial charge in [0.1, 0.15) is 5.82 Å². The second-order valence-corrected chi connectivity index (χ2v) is 3.63. The molecule has 0 atom stereocenters. The first-order valence-corrected chi connectivity index (χ1v) is 5.02. The average Bonchev–Trinajstić information content (AvgIpc) is 2.67. The number of nitrogens with zero attached hydrogens (tertiary/aromatic N) is 1. The largest absolute Gasteiger partial charge is 0.478 e. The number of hydrogen-bond donors (Lipinski definition) is 3. The highest BCUT2D eigenvalue weighted by atomic mass is 16.4. The Balaban J connectivity index is 2.30. The number of carboxylic acid groups (broad SMARTS) is 1. The van der Waals surface area contributed by atoms with Crippen molar-refractivity contribution >= 4 is 22.9 Å². The normalized spacial score (nSPS) is 10.4. The molecule has 0 bridgehead atoms. The number of carbonyl (C=O) groups is 2. The second kappa shape index (κ2) is 4.25. The van der Waals surface area contributed by atoms with Crippen LogP contribution in [0.1, 0.15) is 23.1 Å². The van der Waals surface area contributed by atoms with Crippen LogP contribution in [0, 0.1) is 0 Å². The van der Waals surface area contributed by atoms with Gasteiger partial charge in [0.2, 0.25) is 5.91 Å². The van der Waals surface area contributed by atoms with Gasteiger partial charge in [0, 0.05) is 6.92 Å². The molecule has 2 rings (SSSR count). The van der Waals surface area contributed by atoms with E-state index in [0.29, 0.717) is 23.4 Å². The third-order valence-corrected chi connectivity index (χ3v) is 2.28. The quantitative estimate of drug-likeness (QED) is 0.733. The molecular weight excluding hydrogens is 222 g/mol. The van der Waals surface area contributed by atoms with Crippen LogP contribution in [0.4, 0.5) is 0 Å². The van der Waals surface area contributed by atoms with E-state index >= 15 is 0 Å². The number of nitrogens with one attached hydrogen (secondary N) is 2. The molecule has 6 heteroatoms. The lowest BCUT2D eigenvalue weighted by Gasteiger charge is -1.96. The maximum atomic E-state index is 10.8. The van der Waals surface area contributed by atoms with Crippen LogP contribution in [-0.2, 0) is 11.3 Å². The van der Waals surface area contributed by atoms with Crippen molar-refractivity contribution in [2.75, 3.05) is 0 Å². The highest BCUT2D eigenvalue weighted by molar-refractivity contribution is 5.92. The van der Waals surface area contributed by atoms with Gasteiger partial charge in [0.15, 0.2) is 0 Å². The molecule has 1 aromatic carbocycles. The number of carbonyl (C=O) groups excluding carboxylic acids is 1. The van der Waals surface area contributed by atoms with Gasteiger partial charge in [-0.15, -0.1) is 0 Å². The second-order valence-electron chi connectivity index (χ2n) is 3.63. The summed E-state index contributed by atoms with van der Waals surface area (Å²) in [4.78, 5) is 28.7. The van der Waals surface area contributed by atoms with Gasteiger partial charge in [-0.3, -0.25) is 4.79 Å². The van der Waals surface area contributed by atoms with Gasteiger partial charge in [-0.2, -0.15) is 0 Å². The van der Waals surface area contributed by atoms with Crippen molar-refractivity contribution in [1.29, 1.82) is 0 Å². The molecule has 0 aliphatic carbocycles. The van der Waals surface area contributed by atoms with Gasteiger partial charge in [-0.1, -0.05) is 0 Å². The number of hydrogen-bond acceptors (Lipinski definition) is 3. The van der Waals surface area contributed by atoms with E-state index in [4.69, 9.17) is 5.11 Å². The molecule has 0 aliphatic heterocycles. The van der Waals surface area contributed by atoms with Crippen LogP contribution < -0.4 is 5.32 Å². The van der Waals surface area contributed by atoms with Crippen LogP contribution in [0.5, 0.6) is 0 Å². The number of aromatic amines is 1. The number of carboxylic acids is 1. The number of benzene rings is 1. The first-order valence-electron chi connectivity index (χ1n) is 5.02. The van der Waals surface area contributed by atoms with Gasteiger partial charge >= 0.3 is 5.97 Å². The standard InChI is InChI=1S/C11H11N3O3/c1-6(15)12-5-10-13-8-3-2-7(11(16)17)4-9(8)14-10/h2-4H,5H2,1H3,(H,12,15)(H,13,14)(H,16,17). The highest BCUT2D eigenvalue weighted by Crippen LogP contribution is 2.13. The van der Waals surface area contributed by atoms with E-state index < -0.39 is 5.97 Å². The van der Waals surface area contributed by atoms with Crippen molar-refractivity contribution in [3.05, 3.63) is 29.6 Å². The number of H-pyrrole nitrogens is 1. The van der Waals surface area contributed by atoms with Gasteiger partial charge < -0.3 is 15.4 Å². The average molecular weight is 233 g/mol. The highest BCUT2D eigenvalue weighted by Gasteiger charge is 2.07. The first-order chi connectivity index (χ1) is 8.06. The number of aromatic carboxylic acids is 1. The van der Waals surface area contributed by atoms with Crippen molar-refractivity contribution in [1.82, 2.24) is 15.3 Å². The predicted molar refractivity (Wildman–Crippen MR) is 60.6 cm³/mol. The fourth-order valence-corrected chi connectivity index (χ4v) is 1.49. The minimum atomic E-state index is -0.982. The monoisotopic (exact) mass is 233 g/mol. The summed E-state index contributed by atoms with van der Waals surface area (Å²) in [6.45, 7) is 1.72. The Morgan fingerprint density at radius 3 is 2.88 bits per heavy atom. The Bertz CT molecular complexity index is 589. The molecule has 1 amide bonds. The molecule has 88 valence electrons. The van der Waals surface area contributed by atoms with E-state index in [1.807, 2.05) is 0 Å². The summed E-state index contributed by atoms with van der Waals surface area (Å²) in [6.07, 6.45) is 0. The Hall–Kier alpha value is -2.37. The predicted octanol–water partition coefficient (Wildman–Crippen LogP) is 0.897. The topological polar surface area (TPSA) is 95.1 Å². The summed E-state index contributed by atoms with van der Waals surface area (Å²) in [5.74, 6) is -0.528. The maximum Gasteiger partial charge on any atom is 0.335 e. The van der Waals surface area contributed by atoms with Crippen LogP contribution in [0.2, 0.25) is 0 Å². The zero-order valence-corrected chi connectivity index (χ0v) is 9.15. The summed E-state index contributed by atoms with van der Waals surface area (Å²) < 4.78 is 0. The van der Waals surface area contributed by atoms with Crippen LogP contribution in [0.3, 0.4) is 0 Å². The molecule has 0 spiro atoms. The Morgan fingerprint density at radius 2 is 2.24 bits per heavy atom. The number of imidazole rings is 1. The van der Waals surface area contributed by atoms with Crippen molar-refractivity contribution < 1.29 is 14.7 Å². The lowest BCUT2D eigenvalue weighted by Crippen LogP contribution is -2.19. The van der Waals surface area contributed by atoms with Crippen molar-refractivity contribution in [3.63, 3.8) is 0 Å². The zero-order chi connectivity index (χ0) is 12.4. The van der Waals surface area contributed by atoms with E-state index in [0.717, 1.165) is 0 Å². The smallest absolute Gasteiger partial charge is 0.335 e. The molecule has 0 fully saturated rings. The van der Waals surface area contributed by atoms with Gasteiger partial charge in [0.25, 0.3) is 0 Å². The summed E-state index contributed by atoms with van der Waals surface area (Å²) in [5, 5.41) is 11.4. The van der Waals surface area contributed by atoms with Crippen LogP contribution in [0.25, 0.3) is 11.0 Å².